The van der Waals surface area contributed by atoms with Crippen LogP contribution in [0.2, 0.25) is 5.02 Å². The van der Waals surface area contributed by atoms with Gasteiger partial charge in [-0.15, -0.1) is 0 Å². The minimum absolute atomic E-state index is 0.810. The molecular formula is C13H19ClO. The third-order valence-electron chi connectivity index (χ3n) is 2.27. The van der Waals surface area contributed by atoms with Crippen LogP contribution in [-0.2, 0) is 11.2 Å². The van der Waals surface area contributed by atoms with E-state index in [4.69, 9.17) is 16.3 Å². The van der Waals surface area contributed by atoms with Crippen LogP contribution in [0.5, 0.6) is 0 Å². The van der Waals surface area contributed by atoms with E-state index in [0.29, 0.717) is 0 Å². The second kappa shape index (κ2) is 7.72. The highest BCUT2D eigenvalue weighted by atomic mass is 35.5. The molecule has 0 atom stereocenters. The third-order valence-corrected chi connectivity index (χ3v) is 2.52. The van der Waals surface area contributed by atoms with Crippen molar-refractivity contribution < 1.29 is 4.74 Å². The quantitative estimate of drug-likeness (QED) is 0.637. The predicted octanol–water partition coefficient (Wildman–Crippen LogP) is 4.09. The van der Waals surface area contributed by atoms with Crippen LogP contribution in [0.25, 0.3) is 0 Å². The van der Waals surface area contributed by atoms with Gasteiger partial charge in [0.2, 0.25) is 0 Å². The van der Waals surface area contributed by atoms with Gasteiger partial charge in [0, 0.05) is 18.2 Å². The highest BCUT2D eigenvalue weighted by Crippen LogP contribution is 2.11. The number of unbranched alkanes of at least 4 members (excludes halogenated alkanes) is 1. The lowest BCUT2D eigenvalue weighted by atomic mass is 10.1. The number of hydrogen-bond donors (Lipinski definition) is 0. The van der Waals surface area contributed by atoms with Crippen LogP contribution in [0.4, 0.5) is 0 Å². The van der Waals surface area contributed by atoms with E-state index < -0.39 is 0 Å². The Morgan fingerprint density at radius 1 is 1.07 bits per heavy atom. The number of hydrogen-bond acceptors (Lipinski definition) is 1. The number of rotatable bonds is 7. The van der Waals surface area contributed by atoms with E-state index in [2.05, 4.69) is 19.1 Å². The number of aryl methyl sites for hydroxylation is 1. The molecule has 0 spiro atoms. The van der Waals surface area contributed by atoms with Gasteiger partial charge >= 0.3 is 0 Å². The van der Waals surface area contributed by atoms with Crippen molar-refractivity contribution in [3.63, 3.8) is 0 Å². The predicted molar refractivity (Wildman–Crippen MR) is 65.5 cm³/mol. The van der Waals surface area contributed by atoms with Crippen molar-refractivity contribution in [1.29, 1.82) is 0 Å². The highest BCUT2D eigenvalue weighted by molar-refractivity contribution is 6.30. The first-order valence-electron chi connectivity index (χ1n) is 5.65. The lowest BCUT2D eigenvalue weighted by molar-refractivity contribution is 0.131. The number of benzene rings is 1. The average Bonchev–Trinajstić information content (AvgIpc) is 2.26. The van der Waals surface area contributed by atoms with Gasteiger partial charge in [-0.3, -0.25) is 0 Å². The molecule has 1 rings (SSSR count). The van der Waals surface area contributed by atoms with Crippen molar-refractivity contribution in [1.82, 2.24) is 0 Å². The molecule has 0 N–H and O–H groups in total. The average molecular weight is 227 g/mol. The molecule has 84 valence electrons. The Labute approximate surface area is 97.4 Å². The van der Waals surface area contributed by atoms with Gasteiger partial charge in [-0.25, -0.2) is 0 Å². The Kier molecular flexibility index (Phi) is 6.45. The van der Waals surface area contributed by atoms with Crippen LogP contribution in [0, 0.1) is 0 Å². The first kappa shape index (κ1) is 12.5. The zero-order valence-electron chi connectivity index (χ0n) is 9.34. The molecule has 1 nitrogen and oxygen atoms in total. The van der Waals surface area contributed by atoms with E-state index >= 15 is 0 Å². The number of ether oxygens (including phenoxy) is 1. The fourth-order valence-electron chi connectivity index (χ4n) is 1.43. The van der Waals surface area contributed by atoms with E-state index in [1.54, 1.807) is 0 Å². The van der Waals surface area contributed by atoms with Gasteiger partial charge in [0.25, 0.3) is 0 Å². The van der Waals surface area contributed by atoms with Gasteiger partial charge in [-0.1, -0.05) is 30.7 Å². The molecular weight excluding hydrogens is 208 g/mol. The van der Waals surface area contributed by atoms with Crippen molar-refractivity contribution in [3.8, 4) is 0 Å². The van der Waals surface area contributed by atoms with Gasteiger partial charge < -0.3 is 4.74 Å². The summed E-state index contributed by atoms with van der Waals surface area (Å²) in [5, 5.41) is 0.810. The topological polar surface area (TPSA) is 9.23 Å². The van der Waals surface area contributed by atoms with Gasteiger partial charge in [-0.2, -0.15) is 0 Å². The molecule has 0 amide bonds. The van der Waals surface area contributed by atoms with E-state index in [1.807, 2.05) is 12.1 Å². The molecule has 0 bridgehead atoms. The highest BCUT2D eigenvalue weighted by Gasteiger charge is 1.94. The van der Waals surface area contributed by atoms with E-state index in [0.717, 1.165) is 37.5 Å². The minimum Gasteiger partial charge on any atom is -0.381 e. The second-order valence-corrected chi connectivity index (χ2v) is 4.13. The van der Waals surface area contributed by atoms with Crippen LogP contribution in [0.15, 0.2) is 24.3 Å². The Bertz CT molecular complexity index is 256. The first-order chi connectivity index (χ1) is 7.33. The molecule has 15 heavy (non-hydrogen) atoms. The monoisotopic (exact) mass is 226 g/mol. The van der Waals surface area contributed by atoms with Crippen molar-refractivity contribution in [2.24, 2.45) is 0 Å². The molecule has 2 heteroatoms. The number of halogens is 1. The Morgan fingerprint density at radius 2 is 1.80 bits per heavy atom. The smallest absolute Gasteiger partial charge is 0.0466 e. The maximum atomic E-state index is 5.81. The Hall–Kier alpha value is -0.530. The molecule has 0 aliphatic carbocycles. The largest absolute Gasteiger partial charge is 0.381 e. The van der Waals surface area contributed by atoms with E-state index in [9.17, 15) is 0 Å². The van der Waals surface area contributed by atoms with E-state index in [-0.39, 0.29) is 0 Å². The standard InChI is InChI=1S/C13H19ClO/c1-2-10-15-11-4-3-5-12-6-8-13(14)9-7-12/h6-9H,2-5,10-11H2,1H3. The summed E-state index contributed by atoms with van der Waals surface area (Å²) < 4.78 is 5.42. The summed E-state index contributed by atoms with van der Waals surface area (Å²) in [5.74, 6) is 0. The molecule has 0 heterocycles. The van der Waals surface area contributed by atoms with E-state index in [1.165, 1.54) is 12.0 Å². The van der Waals surface area contributed by atoms with Gasteiger partial charge in [0.15, 0.2) is 0 Å². The second-order valence-electron chi connectivity index (χ2n) is 3.70. The summed E-state index contributed by atoms with van der Waals surface area (Å²) in [4.78, 5) is 0. The lowest BCUT2D eigenvalue weighted by Gasteiger charge is -2.03. The van der Waals surface area contributed by atoms with Gasteiger partial charge in [-0.05, 0) is 43.4 Å². The Balaban J connectivity index is 2.07. The molecule has 0 fully saturated rings. The van der Waals surface area contributed by atoms with Crippen molar-refractivity contribution >= 4 is 11.6 Å². The van der Waals surface area contributed by atoms with Crippen LogP contribution < -0.4 is 0 Å². The molecule has 1 aromatic rings. The normalized spacial score (nSPS) is 10.5. The van der Waals surface area contributed by atoms with Gasteiger partial charge in [0.05, 0.1) is 0 Å². The maximum Gasteiger partial charge on any atom is 0.0466 e. The molecule has 0 aliphatic rings. The van der Waals surface area contributed by atoms with Gasteiger partial charge in [0.1, 0.15) is 0 Å². The first-order valence-corrected chi connectivity index (χ1v) is 6.03. The molecule has 0 radical (unpaired) electrons. The fraction of sp³-hybridized carbons (Fsp3) is 0.538. The molecule has 0 saturated heterocycles. The van der Waals surface area contributed by atoms with Crippen LogP contribution in [0.3, 0.4) is 0 Å². The zero-order valence-corrected chi connectivity index (χ0v) is 10.1. The van der Waals surface area contributed by atoms with Crippen molar-refractivity contribution in [2.45, 2.75) is 32.6 Å². The summed E-state index contributed by atoms with van der Waals surface area (Å²) >= 11 is 5.81. The van der Waals surface area contributed by atoms with Crippen LogP contribution in [0.1, 0.15) is 31.7 Å². The summed E-state index contributed by atoms with van der Waals surface area (Å²) in [6, 6.07) is 8.08. The summed E-state index contributed by atoms with van der Waals surface area (Å²) in [6.07, 6.45) is 4.55. The van der Waals surface area contributed by atoms with Crippen molar-refractivity contribution in [2.75, 3.05) is 13.2 Å². The van der Waals surface area contributed by atoms with Crippen LogP contribution in [-0.4, -0.2) is 13.2 Å². The zero-order chi connectivity index (χ0) is 10.9. The minimum atomic E-state index is 0.810. The van der Waals surface area contributed by atoms with Crippen LogP contribution >= 0.6 is 11.6 Å². The summed E-state index contributed by atoms with van der Waals surface area (Å²) in [7, 11) is 0. The molecule has 1 aromatic carbocycles. The molecule has 0 aliphatic heterocycles. The third kappa shape index (κ3) is 5.81. The Morgan fingerprint density at radius 3 is 2.47 bits per heavy atom. The molecule has 0 unspecified atom stereocenters. The maximum absolute atomic E-state index is 5.81. The molecule has 0 saturated carbocycles. The lowest BCUT2D eigenvalue weighted by Crippen LogP contribution is -1.96. The summed E-state index contributed by atoms with van der Waals surface area (Å²) in [6.45, 7) is 3.91. The SMILES string of the molecule is CCCOCCCCc1ccc(Cl)cc1. The summed E-state index contributed by atoms with van der Waals surface area (Å²) in [5.41, 5.74) is 1.36. The fourth-order valence-corrected chi connectivity index (χ4v) is 1.56. The van der Waals surface area contributed by atoms with Crippen molar-refractivity contribution in [3.05, 3.63) is 34.9 Å². The molecule has 0 aromatic heterocycles.